The Hall–Kier alpha value is -2.44. The summed E-state index contributed by atoms with van der Waals surface area (Å²) in [4.78, 5) is 16.0. The third-order valence-corrected chi connectivity index (χ3v) is 3.01. The molecule has 1 aromatic carbocycles. The van der Waals surface area contributed by atoms with Gasteiger partial charge in [0.05, 0.1) is 6.54 Å². The van der Waals surface area contributed by atoms with Crippen molar-refractivity contribution in [2.75, 3.05) is 19.6 Å². The van der Waals surface area contributed by atoms with Crippen molar-refractivity contribution in [3.63, 3.8) is 0 Å². The number of nitrogens with one attached hydrogen (secondary N) is 3. The van der Waals surface area contributed by atoms with E-state index in [-0.39, 0.29) is 5.75 Å². The van der Waals surface area contributed by atoms with E-state index in [9.17, 15) is 9.90 Å². The number of amides is 1. The summed E-state index contributed by atoms with van der Waals surface area (Å²) < 4.78 is 5.18. The van der Waals surface area contributed by atoms with Gasteiger partial charge in [-0.2, -0.15) is 0 Å². The maximum Gasteiger partial charge on any atom is 0.407 e. The van der Waals surface area contributed by atoms with Crippen molar-refractivity contribution in [1.82, 2.24) is 16.0 Å². The molecule has 0 heterocycles. The number of guanidine groups is 1. The Balaban J connectivity index is 2.31. The minimum absolute atomic E-state index is 0.246. The van der Waals surface area contributed by atoms with Crippen molar-refractivity contribution in [1.29, 1.82) is 0 Å². The molecule has 0 bridgehead atoms. The van der Waals surface area contributed by atoms with E-state index in [0.717, 1.165) is 18.5 Å². The van der Waals surface area contributed by atoms with E-state index >= 15 is 0 Å². The highest BCUT2D eigenvalue weighted by atomic mass is 16.6. The van der Waals surface area contributed by atoms with Crippen LogP contribution in [0.2, 0.25) is 0 Å². The second-order valence-electron chi connectivity index (χ2n) is 6.57. The van der Waals surface area contributed by atoms with Gasteiger partial charge in [-0.3, -0.25) is 0 Å². The summed E-state index contributed by atoms with van der Waals surface area (Å²) in [5.74, 6) is 0.961. The predicted octanol–water partition coefficient (Wildman–Crippen LogP) is 2.36. The number of rotatable bonds is 7. The molecule has 0 spiro atoms. The lowest BCUT2D eigenvalue weighted by Crippen LogP contribution is -2.39. The van der Waals surface area contributed by atoms with Crippen LogP contribution < -0.4 is 16.0 Å². The number of ether oxygens (including phenoxy) is 1. The lowest BCUT2D eigenvalue weighted by Gasteiger charge is -2.19. The van der Waals surface area contributed by atoms with Crippen molar-refractivity contribution in [3.8, 4) is 5.75 Å². The molecule has 0 aliphatic rings. The van der Waals surface area contributed by atoms with Gasteiger partial charge in [0.1, 0.15) is 11.4 Å². The molecule has 0 saturated heterocycles. The van der Waals surface area contributed by atoms with E-state index in [0.29, 0.717) is 25.6 Å². The topological polar surface area (TPSA) is 95.0 Å². The molecule has 0 aliphatic heterocycles. The second kappa shape index (κ2) is 10.4. The van der Waals surface area contributed by atoms with Crippen LogP contribution in [0.1, 0.15) is 39.7 Å². The summed E-state index contributed by atoms with van der Waals surface area (Å²) in [5.41, 5.74) is 0.531. The Morgan fingerprint density at radius 2 is 1.76 bits per heavy atom. The molecule has 0 aliphatic carbocycles. The lowest BCUT2D eigenvalue weighted by molar-refractivity contribution is 0.0527. The van der Waals surface area contributed by atoms with E-state index < -0.39 is 11.7 Å². The van der Waals surface area contributed by atoms with Gasteiger partial charge in [-0.05, 0) is 51.8 Å². The zero-order chi connectivity index (χ0) is 18.7. The number of carbonyl (C=O) groups is 1. The SMILES string of the molecule is CCNC(=NCc1ccc(O)cc1)NCCCNC(=O)OC(C)(C)C. The van der Waals surface area contributed by atoms with E-state index in [1.165, 1.54) is 0 Å². The molecule has 0 saturated carbocycles. The monoisotopic (exact) mass is 350 g/mol. The summed E-state index contributed by atoms with van der Waals surface area (Å²) in [7, 11) is 0. The number of benzene rings is 1. The zero-order valence-corrected chi connectivity index (χ0v) is 15.6. The molecule has 0 radical (unpaired) electrons. The molecule has 0 aromatic heterocycles. The number of carbonyl (C=O) groups excluding carboxylic acids is 1. The number of alkyl carbamates (subject to hydrolysis) is 1. The van der Waals surface area contributed by atoms with Gasteiger partial charge < -0.3 is 25.8 Å². The summed E-state index contributed by atoms with van der Waals surface area (Å²) >= 11 is 0. The normalized spacial score (nSPS) is 11.8. The van der Waals surface area contributed by atoms with Gasteiger partial charge in [0.25, 0.3) is 0 Å². The molecule has 1 amide bonds. The Morgan fingerprint density at radius 3 is 2.36 bits per heavy atom. The van der Waals surface area contributed by atoms with Gasteiger partial charge in [0.15, 0.2) is 5.96 Å². The van der Waals surface area contributed by atoms with Gasteiger partial charge in [0, 0.05) is 19.6 Å². The fourth-order valence-electron chi connectivity index (χ4n) is 1.91. The van der Waals surface area contributed by atoms with Crippen molar-refractivity contribution >= 4 is 12.1 Å². The Bertz CT molecular complexity index is 550. The third kappa shape index (κ3) is 10.1. The lowest BCUT2D eigenvalue weighted by atomic mass is 10.2. The van der Waals surface area contributed by atoms with Crippen LogP contribution in [-0.4, -0.2) is 42.4 Å². The number of phenols is 1. The van der Waals surface area contributed by atoms with Gasteiger partial charge in [-0.15, -0.1) is 0 Å². The molecule has 1 rings (SSSR count). The van der Waals surface area contributed by atoms with E-state index in [2.05, 4.69) is 20.9 Å². The zero-order valence-electron chi connectivity index (χ0n) is 15.6. The van der Waals surface area contributed by atoms with E-state index in [1.54, 1.807) is 12.1 Å². The number of hydrogen-bond donors (Lipinski definition) is 4. The number of hydrogen-bond acceptors (Lipinski definition) is 4. The summed E-state index contributed by atoms with van der Waals surface area (Å²) in [6.45, 7) is 9.99. The van der Waals surface area contributed by atoms with E-state index in [1.807, 2.05) is 39.8 Å². The Kier molecular flexibility index (Phi) is 8.60. The molecule has 7 nitrogen and oxygen atoms in total. The number of phenolic OH excluding ortho intramolecular Hbond substituents is 1. The van der Waals surface area contributed by atoms with Crippen LogP contribution in [-0.2, 0) is 11.3 Å². The van der Waals surface area contributed by atoms with Gasteiger partial charge >= 0.3 is 6.09 Å². The first-order valence-corrected chi connectivity index (χ1v) is 8.57. The Morgan fingerprint density at radius 1 is 1.12 bits per heavy atom. The fourth-order valence-corrected chi connectivity index (χ4v) is 1.91. The maximum absolute atomic E-state index is 11.5. The largest absolute Gasteiger partial charge is 0.508 e. The minimum atomic E-state index is -0.485. The van der Waals surface area contributed by atoms with E-state index in [4.69, 9.17) is 4.74 Å². The molecule has 0 unspecified atom stereocenters. The highest BCUT2D eigenvalue weighted by molar-refractivity contribution is 5.79. The number of nitrogens with zero attached hydrogens (tertiary/aromatic N) is 1. The summed E-state index contributed by atoms with van der Waals surface area (Å²) in [6.07, 6.45) is 0.350. The van der Waals surface area contributed by atoms with Crippen molar-refractivity contribution < 1.29 is 14.6 Å². The van der Waals surface area contributed by atoms with Crippen LogP contribution in [0.15, 0.2) is 29.3 Å². The second-order valence-corrected chi connectivity index (χ2v) is 6.57. The van der Waals surface area contributed by atoms with Gasteiger partial charge in [-0.25, -0.2) is 9.79 Å². The van der Waals surface area contributed by atoms with Crippen LogP contribution in [0.5, 0.6) is 5.75 Å². The van der Waals surface area contributed by atoms with Crippen LogP contribution in [0.3, 0.4) is 0 Å². The first kappa shape index (κ1) is 20.6. The number of aromatic hydroxyl groups is 1. The maximum atomic E-state index is 11.5. The fraction of sp³-hybridized carbons (Fsp3) is 0.556. The van der Waals surface area contributed by atoms with Gasteiger partial charge in [-0.1, -0.05) is 12.1 Å². The van der Waals surface area contributed by atoms with Crippen molar-refractivity contribution in [2.45, 2.75) is 46.3 Å². The van der Waals surface area contributed by atoms with Crippen LogP contribution in [0.4, 0.5) is 4.79 Å². The number of aliphatic imine (C=N–C) groups is 1. The first-order valence-electron chi connectivity index (χ1n) is 8.57. The van der Waals surface area contributed by atoms with Crippen LogP contribution in [0.25, 0.3) is 0 Å². The highest BCUT2D eigenvalue weighted by Crippen LogP contribution is 2.10. The molecule has 7 heteroatoms. The van der Waals surface area contributed by atoms with Crippen molar-refractivity contribution in [3.05, 3.63) is 29.8 Å². The molecule has 1 aromatic rings. The third-order valence-electron chi connectivity index (χ3n) is 3.01. The summed E-state index contributed by atoms with van der Waals surface area (Å²) in [6, 6.07) is 6.97. The van der Waals surface area contributed by atoms with Gasteiger partial charge in [0.2, 0.25) is 0 Å². The highest BCUT2D eigenvalue weighted by Gasteiger charge is 2.15. The molecule has 4 N–H and O–H groups in total. The van der Waals surface area contributed by atoms with Crippen LogP contribution >= 0.6 is 0 Å². The molecular formula is C18H30N4O3. The van der Waals surface area contributed by atoms with Crippen molar-refractivity contribution in [2.24, 2.45) is 4.99 Å². The predicted molar refractivity (Wildman–Crippen MR) is 99.8 cm³/mol. The standard InChI is InChI=1S/C18H30N4O3/c1-5-19-16(22-13-14-7-9-15(23)10-8-14)20-11-6-12-21-17(24)25-18(2,3)4/h7-10,23H,5-6,11-13H2,1-4H3,(H,21,24)(H2,19,20,22). The molecule has 140 valence electrons. The minimum Gasteiger partial charge on any atom is -0.508 e. The molecule has 0 atom stereocenters. The average Bonchev–Trinajstić information content (AvgIpc) is 2.52. The first-order chi connectivity index (χ1) is 11.8. The quantitative estimate of drug-likeness (QED) is 0.344. The Labute approximate surface area is 149 Å². The molecule has 25 heavy (non-hydrogen) atoms. The summed E-state index contributed by atoms with van der Waals surface area (Å²) in [5, 5.41) is 18.4. The molecule has 0 fully saturated rings. The smallest absolute Gasteiger partial charge is 0.407 e. The average molecular weight is 350 g/mol. The van der Waals surface area contributed by atoms with Crippen LogP contribution in [0, 0.1) is 0 Å². The molecular weight excluding hydrogens is 320 g/mol.